The second-order valence-corrected chi connectivity index (χ2v) is 8.10. The Balaban J connectivity index is 1.69. The fourth-order valence-electron chi connectivity index (χ4n) is 5.88. The summed E-state index contributed by atoms with van der Waals surface area (Å²) in [6.07, 6.45) is -0.660. The normalized spacial score (nSPS) is 37.8. The van der Waals surface area contributed by atoms with Crippen LogP contribution in [0, 0.1) is 23.7 Å². The fourth-order valence-corrected chi connectivity index (χ4v) is 5.88. The Morgan fingerprint density at radius 1 is 1.12 bits per heavy atom. The zero-order valence-electron chi connectivity index (χ0n) is 13.8. The smallest absolute Gasteiger partial charge is 0.389 e. The Labute approximate surface area is 144 Å². The zero-order valence-corrected chi connectivity index (χ0v) is 13.8. The van der Waals surface area contributed by atoms with Gasteiger partial charge in [-0.15, -0.1) is 0 Å². The average Bonchev–Trinajstić information content (AvgIpc) is 2.51. The number of hydrogen-bond acceptors (Lipinski definition) is 2. The molecule has 1 aromatic carbocycles. The van der Waals surface area contributed by atoms with Crippen LogP contribution >= 0.6 is 0 Å². The fraction of sp³-hybridized carbons (Fsp3) is 0.632. The van der Waals surface area contributed by atoms with Gasteiger partial charge in [0.25, 0.3) is 0 Å². The van der Waals surface area contributed by atoms with Crippen molar-refractivity contribution in [3.8, 4) is 0 Å². The molecule has 25 heavy (non-hydrogen) atoms. The van der Waals surface area contributed by atoms with Crippen LogP contribution in [0.5, 0.6) is 0 Å². The van der Waals surface area contributed by atoms with E-state index in [2.05, 4.69) is 5.32 Å². The first-order valence-electron chi connectivity index (χ1n) is 8.91. The van der Waals surface area contributed by atoms with E-state index in [4.69, 9.17) is 0 Å². The molecule has 4 fully saturated rings. The van der Waals surface area contributed by atoms with Gasteiger partial charge in [-0.3, -0.25) is 4.79 Å². The molecule has 0 spiro atoms. The molecule has 0 radical (unpaired) electrons. The minimum atomic E-state index is -4.93. The van der Waals surface area contributed by atoms with Crippen LogP contribution in [-0.4, -0.2) is 22.8 Å². The molecule has 1 amide bonds. The first kappa shape index (κ1) is 16.9. The van der Waals surface area contributed by atoms with Gasteiger partial charge in [0.2, 0.25) is 0 Å². The lowest BCUT2D eigenvalue weighted by Gasteiger charge is -2.60. The Bertz CT molecular complexity index is 646. The maximum absolute atomic E-state index is 12.9. The Kier molecular flexibility index (Phi) is 3.87. The summed E-state index contributed by atoms with van der Waals surface area (Å²) in [5, 5.41) is 13.5. The minimum absolute atomic E-state index is 0.162. The molecule has 5 rings (SSSR count). The summed E-state index contributed by atoms with van der Waals surface area (Å²) in [5.74, 6) is -1.20. The van der Waals surface area contributed by atoms with Gasteiger partial charge in [-0.2, -0.15) is 13.2 Å². The van der Waals surface area contributed by atoms with E-state index in [1.54, 1.807) is 30.3 Å². The number of rotatable bonds is 3. The highest BCUT2D eigenvalue weighted by atomic mass is 19.4. The van der Waals surface area contributed by atoms with Crippen LogP contribution in [0.2, 0.25) is 0 Å². The molecule has 136 valence electrons. The molecule has 2 unspecified atom stereocenters. The van der Waals surface area contributed by atoms with Crippen LogP contribution in [0.4, 0.5) is 13.2 Å². The number of alkyl halides is 3. The number of amides is 1. The van der Waals surface area contributed by atoms with Crippen molar-refractivity contribution >= 4 is 5.91 Å². The molecule has 1 aromatic rings. The molecular weight excluding hydrogens is 331 g/mol. The molecule has 6 heteroatoms. The van der Waals surface area contributed by atoms with E-state index in [0.29, 0.717) is 30.2 Å². The van der Waals surface area contributed by atoms with Crippen molar-refractivity contribution in [2.75, 3.05) is 0 Å². The predicted molar refractivity (Wildman–Crippen MR) is 85.4 cm³/mol. The SMILES string of the molecule is O=C(N[C@@H](c1ccccc1)[C@H]1C2CC3C[C@H](C2)C[C@@]1(O)C3)C(F)(F)F. The quantitative estimate of drug-likeness (QED) is 0.872. The molecule has 0 heterocycles. The number of halogens is 3. The van der Waals surface area contributed by atoms with Crippen molar-refractivity contribution in [2.45, 2.75) is 49.9 Å². The van der Waals surface area contributed by atoms with Crippen LogP contribution in [0.25, 0.3) is 0 Å². The van der Waals surface area contributed by atoms with Crippen molar-refractivity contribution in [2.24, 2.45) is 23.7 Å². The van der Waals surface area contributed by atoms with Crippen LogP contribution < -0.4 is 5.32 Å². The summed E-state index contributed by atoms with van der Waals surface area (Å²) in [6, 6.07) is 7.94. The first-order chi connectivity index (χ1) is 11.8. The van der Waals surface area contributed by atoms with Crippen molar-refractivity contribution in [3.05, 3.63) is 35.9 Å². The van der Waals surface area contributed by atoms with E-state index in [1.165, 1.54) is 0 Å². The maximum atomic E-state index is 12.9. The standard InChI is InChI=1S/C19H22F3NO2/c20-19(21,22)17(24)23-16(13-4-2-1-3-5-13)15-14-7-11-6-12(8-14)10-18(15,25)9-11/h1-5,11-12,14-16,25H,6-10H2,(H,23,24)/t11-,12?,14?,15-,16+,18-/m1/s1. The molecule has 4 aliphatic rings. The van der Waals surface area contributed by atoms with E-state index < -0.39 is 23.7 Å². The van der Waals surface area contributed by atoms with E-state index in [9.17, 15) is 23.1 Å². The van der Waals surface area contributed by atoms with Gasteiger partial charge in [0.1, 0.15) is 0 Å². The van der Waals surface area contributed by atoms with Crippen LogP contribution in [0.1, 0.15) is 43.7 Å². The molecule has 4 bridgehead atoms. The molecule has 0 saturated heterocycles. The number of aliphatic hydroxyl groups is 1. The van der Waals surface area contributed by atoms with E-state index in [0.717, 1.165) is 19.3 Å². The average molecular weight is 353 g/mol. The van der Waals surface area contributed by atoms with Crippen molar-refractivity contribution < 1.29 is 23.1 Å². The number of nitrogens with one attached hydrogen (secondary N) is 1. The van der Waals surface area contributed by atoms with Crippen molar-refractivity contribution in [1.82, 2.24) is 5.32 Å². The molecule has 0 aliphatic heterocycles. The van der Waals surface area contributed by atoms with E-state index >= 15 is 0 Å². The monoisotopic (exact) mass is 353 g/mol. The summed E-state index contributed by atoms with van der Waals surface area (Å²) >= 11 is 0. The number of carbonyl (C=O) groups is 1. The zero-order chi connectivity index (χ0) is 17.8. The van der Waals surface area contributed by atoms with Gasteiger partial charge in [0.15, 0.2) is 0 Å². The van der Waals surface area contributed by atoms with Crippen LogP contribution in [-0.2, 0) is 4.79 Å². The lowest BCUT2D eigenvalue weighted by atomic mass is 9.48. The third-order valence-corrected chi connectivity index (χ3v) is 6.41. The Hall–Kier alpha value is -1.56. The van der Waals surface area contributed by atoms with Gasteiger partial charge in [-0.05, 0) is 55.4 Å². The molecule has 4 saturated carbocycles. The first-order valence-corrected chi connectivity index (χ1v) is 8.91. The lowest BCUT2D eigenvalue weighted by Crippen LogP contribution is -2.61. The molecule has 3 nitrogen and oxygen atoms in total. The predicted octanol–water partition coefficient (Wildman–Crippen LogP) is 3.59. The third kappa shape index (κ3) is 2.94. The minimum Gasteiger partial charge on any atom is -0.389 e. The van der Waals surface area contributed by atoms with Gasteiger partial charge in [0.05, 0.1) is 11.6 Å². The molecule has 2 N–H and O–H groups in total. The molecular formula is C19H22F3NO2. The summed E-state index contributed by atoms with van der Waals surface area (Å²) in [7, 11) is 0. The van der Waals surface area contributed by atoms with Crippen LogP contribution in [0.3, 0.4) is 0 Å². The topological polar surface area (TPSA) is 49.3 Å². The van der Waals surface area contributed by atoms with E-state index in [-0.39, 0.29) is 11.8 Å². The Morgan fingerprint density at radius 2 is 1.72 bits per heavy atom. The Morgan fingerprint density at radius 3 is 2.24 bits per heavy atom. The van der Waals surface area contributed by atoms with Crippen LogP contribution in [0.15, 0.2) is 30.3 Å². The van der Waals surface area contributed by atoms with Gasteiger partial charge in [-0.25, -0.2) is 0 Å². The summed E-state index contributed by atoms with van der Waals surface area (Å²) in [5.41, 5.74) is -0.347. The molecule has 0 aromatic heterocycles. The van der Waals surface area contributed by atoms with Gasteiger partial charge in [-0.1, -0.05) is 30.3 Å². The van der Waals surface area contributed by atoms with Gasteiger partial charge in [0, 0.05) is 5.92 Å². The lowest BCUT2D eigenvalue weighted by molar-refractivity contribution is -0.190. The largest absolute Gasteiger partial charge is 0.471 e. The third-order valence-electron chi connectivity index (χ3n) is 6.41. The highest BCUT2D eigenvalue weighted by Gasteiger charge is 2.59. The summed E-state index contributed by atoms with van der Waals surface area (Å²) < 4.78 is 38.6. The highest BCUT2D eigenvalue weighted by Crippen LogP contribution is 2.61. The second-order valence-electron chi connectivity index (χ2n) is 8.10. The molecule has 4 aliphatic carbocycles. The second kappa shape index (κ2) is 5.73. The van der Waals surface area contributed by atoms with Gasteiger partial charge >= 0.3 is 12.1 Å². The maximum Gasteiger partial charge on any atom is 0.471 e. The highest BCUT2D eigenvalue weighted by molar-refractivity contribution is 5.82. The number of carbonyl (C=O) groups excluding carboxylic acids is 1. The summed E-state index contributed by atoms with van der Waals surface area (Å²) in [4.78, 5) is 11.7. The number of benzene rings is 1. The van der Waals surface area contributed by atoms with Crippen molar-refractivity contribution in [3.63, 3.8) is 0 Å². The van der Waals surface area contributed by atoms with Crippen molar-refractivity contribution in [1.29, 1.82) is 0 Å². The molecule has 6 atom stereocenters. The summed E-state index contributed by atoms with van der Waals surface area (Å²) in [6.45, 7) is 0. The van der Waals surface area contributed by atoms with Gasteiger partial charge < -0.3 is 10.4 Å². The number of hydrogen-bond donors (Lipinski definition) is 2. The van der Waals surface area contributed by atoms with E-state index in [1.807, 2.05) is 0 Å².